The number of carbonyl (C=O) groups excluding carboxylic acids is 1. The van der Waals surface area contributed by atoms with Crippen LogP contribution in [0.25, 0.3) is 0 Å². The Morgan fingerprint density at radius 2 is 1.90 bits per heavy atom. The Kier molecular flexibility index (Phi) is 5.64. The Morgan fingerprint density at radius 1 is 1.14 bits per heavy atom. The molecule has 1 amide bonds. The van der Waals surface area contributed by atoms with Crippen molar-refractivity contribution in [3.05, 3.63) is 51.4 Å². The van der Waals surface area contributed by atoms with E-state index in [1.165, 1.54) is 0 Å². The monoisotopic (exact) mass is 413 g/mol. The molecule has 0 heterocycles. The van der Waals surface area contributed by atoms with Gasteiger partial charge in [-0.3, -0.25) is 4.79 Å². The summed E-state index contributed by atoms with van der Waals surface area (Å²) in [4.78, 5) is 11.9. The Hall–Kier alpha value is -1.53. The van der Waals surface area contributed by atoms with Gasteiger partial charge in [0, 0.05) is 15.0 Å². The molecule has 110 valence electrons. The average molecular weight is 415 g/mol. The van der Waals surface area contributed by atoms with Crippen molar-refractivity contribution < 1.29 is 14.3 Å². The highest BCUT2D eigenvalue weighted by molar-refractivity contribution is 9.11. The molecular formula is C15H13Br2NO3. The van der Waals surface area contributed by atoms with Crippen molar-refractivity contribution in [2.75, 3.05) is 19.0 Å². The van der Waals surface area contributed by atoms with Crippen molar-refractivity contribution in [3.8, 4) is 11.5 Å². The van der Waals surface area contributed by atoms with Gasteiger partial charge in [-0.25, -0.2) is 0 Å². The largest absolute Gasteiger partial charge is 0.497 e. The first kappa shape index (κ1) is 15.9. The van der Waals surface area contributed by atoms with E-state index in [1.807, 2.05) is 18.2 Å². The Labute approximate surface area is 139 Å². The fourth-order valence-corrected chi connectivity index (χ4v) is 2.76. The molecule has 1 N–H and O–H groups in total. The number of carbonyl (C=O) groups is 1. The molecule has 2 rings (SSSR count). The van der Waals surface area contributed by atoms with Crippen molar-refractivity contribution in [1.29, 1.82) is 0 Å². The van der Waals surface area contributed by atoms with Crippen LogP contribution in [0.1, 0.15) is 0 Å². The number of anilines is 1. The van der Waals surface area contributed by atoms with Crippen molar-refractivity contribution in [2.45, 2.75) is 0 Å². The van der Waals surface area contributed by atoms with Gasteiger partial charge in [0.25, 0.3) is 5.91 Å². The third kappa shape index (κ3) is 4.75. The topological polar surface area (TPSA) is 47.6 Å². The number of methoxy groups -OCH3 is 1. The third-order valence-corrected chi connectivity index (χ3v) is 3.77. The highest BCUT2D eigenvalue weighted by Gasteiger charge is 2.07. The van der Waals surface area contributed by atoms with E-state index in [0.717, 1.165) is 8.95 Å². The van der Waals surface area contributed by atoms with Crippen molar-refractivity contribution >= 4 is 43.5 Å². The van der Waals surface area contributed by atoms with Gasteiger partial charge in [0.05, 0.1) is 12.8 Å². The number of hydrogen-bond acceptors (Lipinski definition) is 3. The number of halogens is 2. The van der Waals surface area contributed by atoms with Gasteiger partial charge in [-0.05, 0) is 46.3 Å². The van der Waals surface area contributed by atoms with E-state index >= 15 is 0 Å². The summed E-state index contributed by atoms with van der Waals surface area (Å²) < 4.78 is 12.3. The standard InChI is InChI=1S/C15H13Br2NO3/c1-20-11-3-2-4-12(8-11)21-9-15(19)18-14-6-5-10(16)7-13(14)17/h2-8H,9H2,1H3,(H,18,19). The van der Waals surface area contributed by atoms with E-state index in [9.17, 15) is 4.79 Å². The van der Waals surface area contributed by atoms with Gasteiger partial charge in [-0.15, -0.1) is 0 Å². The van der Waals surface area contributed by atoms with Crippen LogP contribution in [0.5, 0.6) is 11.5 Å². The highest BCUT2D eigenvalue weighted by Crippen LogP contribution is 2.26. The van der Waals surface area contributed by atoms with Gasteiger partial charge in [-0.1, -0.05) is 22.0 Å². The second-order valence-corrected chi connectivity index (χ2v) is 5.91. The summed E-state index contributed by atoms with van der Waals surface area (Å²) in [6.45, 7) is -0.0737. The van der Waals surface area contributed by atoms with Crippen LogP contribution in [-0.4, -0.2) is 19.6 Å². The molecule has 6 heteroatoms. The van der Waals surface area contributed by atoms with E-state index in [1.54, 1.807) is 31.4 Å². The molecule has 0 fully saturated rings. The van der Waals surface area contributed by atoms with Crippen LogP contribution >= 0.6 is 31.9 Å². The molecule has 0 aromatic heterocycles. The SMILES string of the molecule is COc1cccc(OCC(=O)Nc2ccc(Br)cc2Br)c1. The molecule has 0 saturated heterocycles. The van der Waals surface area contributed by atoms with E-state index in [4.69, 9.17) is 9.47 Å². The lowest BCUT2D eigenvalue weighted by Gasteiger charge is -2.10. The lowest BCUT2D eigenvalue weighted by molar-refractivity contribution is -0.118. The zero-order valence-electron chi connectivity index (χ0n) is 11.2. The fraction of sp³-hybridized carbons (Fsp3) is 0.133. The molecule has 0 bridgehead atoms. The van der Waals surface area contributed by atoms with Gasteiger partial charge in [0.2, 0.25) is 0 Å². The smallest absolute Gasteiger partial charge is 0.262 e. The Balaban J connectivity index is 1.92. The molecule has 0 aliphatic carbocycles. The first-order valence-corrected chi connectivity index (χ1v) is 7.69. The molecule has 0 aliphatic rings. The van der Waals surface area contributed by atoms with Gasteiger partial charge >= 0.3 is 0 Å². The van der Waals surface area contributed by atoms with Gasteiger partial charge in [0.1, 0.15) is 11.5 Å². The van der Waals surface area contributed by atoms with Crippen molar-refractivity contribution in [1.82, 2.24) is 0 Å². The second kappa shape index (κ2) is 7.47. The number of hydrogen-bond donors (Lipinski definition) is 1. The van der Waals surface area contributed by atoms with E-state index < -0.39 is 0 Å². The van der Waals surface area contributed by atoms with E-state index in [0.29, 0.717) is 17.2 Å². The zero-order chi connectivity index (χ0) is 15.2. The van der Waals surface area contributed by atoms with Gasteiger partial charge in [0.15, 0.2) is 6.61 Å². The Bertz CT molecular complexity index is 647. The minimum atomic E-state index is -0.235. The maximum Gasteiger partial charge on any atom is 0.262 e. The number of nitrogens with one attached hydrogen (secondary N) is 1. The summed E-state index contributed by atoms with van der Waals surface area (Å²) >= 11 is 6.75. The number of benzene rings is 2. The summed E-state index contributed by atoms with van der Waals surface area (Å²) in [5.41, 5.74) is 0.692. The van der Waals surface area contributed by atoms with Crippen LogP contribution in [-0.2, 0) is 4.79 Å². The molecule has 0 saturated carbocycles. The Morgan fingerprint density at radius 3 is 2.62 bits per heavy atom. The number of amides is 1. The number of rotatable bonds is 5. The maximum absolute atomic E-state index is 11.9. The summed E-state index contributed by atoms with van der Waals surface area (Å²) in [6.07, 6.45) is 0. The van der Waals surface area contributed by atoms with Crippen LogP contribution < -0.4 is 14.8 Å². The maximum atomic E-state index is 11.9. The fourth-order valence-electron chi connectivity index (χ4n) is 1.62. The molecule has 21 heavy (non-hydrogen) atoms. The molecule has 4 nitrogen and oxygen atoms in total. The molecule has 0 atom stereocenters. The lowest BCUT2D eigenvalue weighted by atomic mass is 10.3. The molecule has 0 radical (unpaired) electrons. The van der Waals surface area contributed by atoms with Crippen LogP contribution in [0, 0.1) is 0 Å². The quantitative estimate of drug-likeness (QED) is 0.795. The van der Waals surface area contributed by atoms with E-state index in [2.05, 4.69) is 37.2 Å². The highest BCUT2D eigenvalue weighted by atomic mass is 79.9. The van der Waals surface area contributed by atoms with Crippen LogP contribution in [0.15, 0.2) is 51.4 Å². The zero-order valence-corrected chi connectivity index (χ0v) is 14.4. The number of ether oxygens (including phenoxy) is 2. The summed E-state index contributed by atoms with van der Waals surface area (Å²) in [5, 5.41) is 2.77. The van der Waals surface area contributed by atoms with Gasteiger partial charge < -0.3 is 14.8 Å². The summed E-state index contributed by atoms with van der Waals surface area (Å²) in [6, 6.07) is 12.6. The predicted octanol–water partition coefficient (Wildman–Crippen LogP) is 4.24. The first-order valence-electron chi connectivity index (χ1n) is 6.10. The van der Waals surface area contributed by atoms with E-state index in [-0.39, 0.29) is 12.5 Å². The molecule has 0 spiro atoms. The summed E-state index contributed by atoms with van der Waals surface area (Å²) in [7, 11) is 1.58. The van der Waals surface area contributed by atoms with Crippen LogP contribution in [0.2, 0.25) is 0 Å². The minimum Gasteiger partial charge on any atom is -0.497 e. The van der Waals surface area contributed by atoms with Crippen LogP contribution in [0.3, 0.4) is 0 Å². The van der Waals surface area contributed by atoms with Crippen molar-refractivity contribution in [3.63, 3.8) is 0 Å². The van der Waals surface area contributed by atoms with Crippen molar-refractivity contribution in [2.24, 2.45) is 0 Å². The average Bonchev–Trinajstić information content (AvgIpc) is 2.48. The molecule has 2 aromatic rings. The first-order chi connectivity index (χ1) is 10.1. The predicted molar refractivity (Wildman–Crippen MR) is 89.0 cm³/mol. The summed E-state index contributed by atoms with van der Waals surface area (Å²) in [5.74, 6) is 1.03. The molecule has 0 unspecified atom stereocenters. The van der Waals surface area contributed by atoms with Gasteiger partial charge in [-0.2, -0.15) is 0 Å². The lowest BCUT2D eigenvalue weighted by Crippen LogP contribution is -2.20. The normalized spacial score (nSPS) is 10.0. The van der Waals surface area contributed by atoms with Crippen LogP contribution in [0.4, 0.5) is 5.69 Å². The second-order valence-electron chi connectivity index (χ2n) is 4.14. The molecule has 2 aromatic carbocycles. The molecular weight excluding hydrogens is 402 g/mol. The molecule has 0 aliphatic heterocycles. The third-order valence-electron chi connectivity index (χ3n) is 2.62. The minimum absolute atomic E-state index is 0.0737.